The minimum Gasteiger partial charge on any atom is -0.405 e. The molecule has 2 bridgehead atoms. The van der Waals surface area contributed by atoms with Gasteiger partial charge in [-0.1, -0.05) is 5.06 Å². The van der Waals surface area contributed by atoms with Gasteiger partial charge < -0.3 is 24.7 Å². The Balaban J connectivity index is 2.06. The van der Waals surface area contributed by atoms with Crippen LogP contribution < -0.4 is 5.32 Å². The lowest BCUT2D eigenvalue weighted by molar-refractivity contribution is -0.381. The number of hydrogen-bond acceptors (Lipinski definition) is 9. The summed E-state index contributed by atoms with van der Waals surface area (Å²) in [6.07, 6.45) is -1.32. The topological polar surface area (TPSA) is 114 Å². The van der Waals surface area contributed by atoms with Gasteiger partial charge in [0.2, 0.25) is 0 Å². The molecule has 0 aromatic carbocycles. The Bertz CT molecular complexity index is 534. The van der Waals surface area contributed by atoms with Crippen molar-refractivity contribution in [2.45, 2.75) is 43.7 Å². The standard InChI is InChI=1S/C12H16N2O7/c1-10(2)6-14-12(5-13-10)19-7(15)3-11(18,9(17)20-12)4-8(16)21-14/h13,18H,3-6H2,1-2H3. The maximum atomic E-state index is 12.1. The highest BCUT2D eigenvalue weighted by atomic mass is 16.8. The van der Waals surface area contributed by atoms with Gasteiger partial charge in [0.15, 0.2) is 5.60 Å². The number of piperazine rings is 1. The molecule has 0 aromatic rings. The van der Waals surface area contributed by atoms with E-state index in [1.807, 2.05) is 13.8 Å². The predicted molar refractivity (Wildman–Crippen MR) is 64.0 cm³/mol. The van der Waals surface area contributed by atoms with E-state index in [0.29, 0.717) is 0 Å². The zero-order valence-corrected chi connectivity index (χ0v) is 11.7. The van der Waals surface area contributed by atoms with Crippen LogP contribution in [-0.4, -0.2) is 58.2 Å². The molecule has 3 fully saturated rings. The summed E-state index contributed by atoms with van der Waals surface area (Å²) in [5, 5.41) is 14.3. The molecule has 0 aliphatic carbocycles. The first-order chi connectivity index (χ1) is 9.64. The lowest BCUT2D eigenvalue weighted by Gasteiger charge is -2.48. The molecular formula is C12H16N2O7. The molecule has 3 saturated heterocycles. The summed E-state index contributed by atoms with van der Waals surface area (Å²) in [5.41, 5.74) is -2.71. The Labute approximate surface area is 120 Å². The van der Waals surface area contributed by atoms with Crippen LogP contribution in [0.4, 0.5) is 0 Å². The first kappa shape index (κ1) is 14.2. The third kappa shape index (κ3) is 2.27. The fourth-order valence-corrected chi connectivity index (χ4v) is 2.56. The van der Waals surface area contributed by atoms with E-state index in [1.165, 1.54) is 0 Å². The number of hydrogen-bond donors (Lipinski definition) is 2. The van der Waals surface area contributed by atoms with Crippen molar-refractivity contribution in [1.82, 2.24) is 10.4 Å². The third-order valence-electron chi connectivity index (χ3n) is 3.70. The van der Waals surface area contributed by atoms with Gasteiger partial charge in [0.05, 0.1) is 25.9 Å². The lowest BCUT2D eigenvalue weighted by atomic mass is 9.96. The van der Waals surface area contributed by atoms with Crippen molar-refractivity contribution < 1.29 is 33.8 Å². The Morgan fingerprint density at radius 2 is 1.81 bits per heavy atom. The number of carbonyl (C=O) groups excluding carboxylic acids is 3. The molecule has 0 aromatic heterocycles. The summed E-state index contributed by atoms with van der Waals surface area (Å²) in [4.78, 5) is 41.0. The Morgan fingerprint density at radius 1 is 1.14 bits per heavy atom. The molecule has 9 nitrogen and oxygen atoms in total. The average Bonchev–Trinajstić information content (AvgIpc) is 2.37. The zero-order valence-electron chi connectivity index (χ0n) is 11.7. The van der Waals surface area contributed by atoms with Gasteiger partial charge in [-0.15, -0.1) is 0 Å². The quantitative estimate of drug-likeness (QED) is 0.511. The highest BCUT2D eigenvalue weighted by Gasteiger charge is 2.61. The van der Waals surface area contributed by atoms with Gasteiger partial charge in [-0.3, -0.25) is 9.59 Å². The Morgan fingerprint density at radius 3 is 2.52 bits per heavy atom. The van der Waals surface area contributed by atoms with Crippen molar-refractivity contribution >= 4 is 17.9 Å². The largest absolute Gasteiger partial charge is 0.405 e. The smallest absolute Gasteiger partial charge is 0.364 e. The first-order valence-corrected chi connectivity index (χ1v) is 6.55. The Kier molecular flexibility index (Phi) is 2.81. The highest BCUT2D eigenvalue weighted by Crippen LogP contribution is 2.36. The molecule has 0 saturated carbocycles. The van der Waals surface area contributed by atoms with E-state index in [0.717, 1.165) is 5.06 Å². The van der Waals surface area contributed by atoms with Crippen LogP contribution >= 0.6 is 0 Å². The molecule has 0 amide bonds. The molecular weight excluding hydrogens is 284 g/mol. The van der Waals surface area contributed by atoms with Crippen LogP contribution in [0.1, 0.15) is 26.7 Å². The lowest BCUT2D eigenvalue weighted by Crippen LogP contribution is -2.71. The van der Waals surface area contributed by atoms with Crippen molar-refractivity contribution in [2.24, 2.45) is 0 Å². The summed E-state index contributed by atoms with van der Waals surface area (Å²) < 4.78 is 10.4. The van der Waals surface area contributed by atoms with Crippen LogP contribution in [0, 0.1) is 0 Å². The molecule has 3 rings (SSSR count). The fraction of sp³-hybridized carbons (Fsp3) is 0.750. The van der Waals surface area contributed by atoms with E-state index >= 15 is 0 Å². The number of carbonyl (C=O) groups is 3. The van der Waals surface area contributed by atoms with Crippen LogP contribution in [0.15, 0.2) is 0 Å². The number of hydroxylamine groups is 2. The molecule has 2 atom stereocenters. The van der Waals surface area contributed by atoms with Crippen LogP contribution in [0.5, 0.6) is 0 Å². The molecule has 1 spiro atoms. The minimum atomic E-state index is -2.25. The van der Waals surface area contributed by atoms with Gasteiger partial charge in [0.1, 0.15) is 0 Å². The second-order valence-electron chi connectivity index (χ2n) is 6.20. The number of esters is 2. The van der Waals surface area contributed by atoms with Crippen molar-refractivity contribution in [1.29, 1.82) is 0 Å². The maximum Gasteiger partial charge on any atom is 0.364 e. The number of rotatable bonds is 0. The molecule has 3 aliphatic rings. The third-order valence-corrected chi connectivity index (χ3v) is 3.70. The molecule has 2 N–H and O–H groups in total. The highest BCUT2D eigenvalue weighted by molar-refractivity contribution is 5.91. The first-order valence-electron chi connectivity index (χ1n) is 6.55. The van der Waals surface area contributed by atoms with Gasteiger partial charge in [-0.05, 0) is 13.8 Å². The molecule has 9 heteroatoms. The average molecular weight is 300 g/mol. The van der Waals surface area contributed by atoms with E-state index < -0.39 is 47.8 Å². The molecule has 116 valence electrons. The summed E-state index contributed by atoms with van der Waals surface area (Å²) in [6, 6.07) is 0. The van der Waals surface area contributed by atoms with Crippen LogP contribution in [0.3, 0.4) is 0 Å². The van der Waals surface area contributed by atoms with E-state index in [9.17, 15) is 19.5 Å². The second kappa shape index (κ2) is 4.15. The summed E-state index contributed by atoms with van der Waals surface area (Å²) in [6.45, 7) is 3.75. The normalized spacial score (nSPS) is 39.3. The number of ether oxygens (including phenoxy) is 2. The summed E-state index contributed by atoms with van der Waals surface area (Å²) >= 11 is 0. The molecule has 21 heavy (non-hydrogen) atoms. The van der Waals surface area contributed by atoms with E-state index in [-0.39, 0.29) is 13.1 Å². The number of nitrogens with one attached hydrogen (secondary N) is 1. The zero-order chi connectivity index (χ0) is 15.5. The van der Waals surface area contributed by atoms with E-state index in [2.05, 4.69) is 5.32 Å². The van der Waals surface area contributed by atoms with Gasteiger partial charge in [0, 0.05) is 5.54 Å². The number of fused-ring (bicyclic) bond motifs is 2. The summed E-state index contributed by atoms with van der Waals surface area (Å²) in [7, 11) is 0. The van der Waals surface area contributed by atoms with Gasteiger partial charge in [-0.2, -0.15) is 0 Å². The van der Waals surface area contributed by atoms with Gasteiger partial charge in [-0.25, -0.2) is 4.79 Å². The van der Waals surface area contributed by atoms with Crippen LogP contribution in [-0.2, 0) is 28.7 Å². The van der Waals surface area contributed by atoms with Crippen molar-refractivity contribution in [2.75, 3.05) is 13.1 Å². The maximum absolute atomic E-state index is 12.1. The van der Waals surface area contributed by atoms with Gasteiger partial charge >= 0.3 is 23.8 Å². The van der Waals surface area contributed by atoms with Crippen molar-refractivity contribution in [3.05, 3.63) is 0 Å². The van der Waals surface area contributed by atoms with Crippen molar-refractivity contribution in [3.8, 4) is 0 Å². The van der Waals surface area contributed by atoms with Crippen LogP contribution in [0.2, 0.25) is 0 Å². The summed E-state index contributed by atoms with van der Waals surface area (Å²) in [5.74, 6) is -4.62. The molecule has 2 unspecified atom stereocenters. The number of aliphatic hydroxyl groups is 1. The molecule has 3 aliphatic heterocycles. The predicted octanol–water partition coefficient (Wildman–Crippen LogP) is -1.59. The Hall–Kier alpha value is -1.71. The monoisotopic (exact) mass is 300 g/mol. The number of nitrogens with zero attached hydrogens (tertiary/aromatic N) is 1. The SMILES string of the molecule is CC1(C)CN2OC(=O)CC3(O)CC(=O)OC2(CN1)OC3=O. The minimum absolute atomic E-state index is 0.0825. The van der Waals surface area contributed by atoms with Crippen LogP contribution in [0.25, 0.3) is 0 Å². The molecule has 0 radical (unpaired) electrons. The fourth-order valence-electron chi connectivity index (χ4n) is 2.56. The van der Waals surface area contributed by atoms with E-state index in [4.69, 9.17) is 14.3 Å². The van der Waals surface area contributed by atoms with Gasteiger partial charge in [0.25, 0.3) is 0 Å². The second-order valence-corrected chi connectivity index (χ2v) is 6.20. The van der Waals surface area contributed by atoms with E-state index in [1.54, 1.807) is 0 Å². The molecule has 3 heterocycles. The van der Waals surface area contributed by atoms with Crippen molar-refractivity contribution in [3.63, 3.8) is 0 Å².